The predicted molar refractivity (Wildman–Crippen MR) is 44.9 cm³/mol. The van der Waals surface area contributed by atoms with Crippen LogP contribution in [0.3, 0.4) is 0 Å². The van der Waals surface area contributed by atoms with Gasteiger partial charge < -0.3 is 0 Å². The number of rotatable bonds is 3. The number of hydrogen-bond donors (Lipinski definition) is 0. The highest BCUT2D eigenvalue weighted by Gasteiger charge is 1.97. The topological polar surface area (TPSA) is 43.1 Å². The average Bonchev–Trinajstić information content (AvgIpc) is 1.99. The molecule has 4 heteroatoms. The van der Waals surface area contributed by atoms with E-state index >= 15 is 0 Å². The lowest BCUT2D eigenvalue weighted by atomic mass is 10.4. The first-order valence-electron chi connectivity index (χ1n) is 2.89. The van der Waals surface area contributed by atoms with Crippen LogP contribution in [0.4, 0.5) is 0 Å². The second-order valence-electron chi connectivity index (χ2n) is 1.82. The molecule has 0 aromatic heterocycles. The molecular formula is C7H8ClNO2. The third-order valence-electron chi connectivity index (χ3n) is 0.967. The van der Waals surface area contributed by atoms with Gasteiger partial charge in [0.25, 0.3) is 0 Å². The van der Waals surface area contributed by atoms with Crippen molar-refractivity contribution in [2.75, 3.05) is 0 Å². The molecule has 60 valence electrons. The number of hydrogen-bond acceptors (Lipinski definition) is 2. The summed E-state index contributed by atoms with van der Waals surface area (Å²) in [7, 11) is 0. The Hall–Kier alpha value is -1.09. The minimum atomic E-state index is -0.482. The van der Waals surface area contributed by atoms with Gasteiger partial charge in [0.05, 0.1) is 4.92 Å². The normalized spacial score (nSPS) is 12.9. The smallest absolute Gasteiger partial charge is 0.243 e. The lowest BCUT2D eigenvalue weighted by molar-refractivity contribution is -0.424. The highest BCUT2D eigenvalue weighted by molar-refractivity contribution is 6.31. The van der Waals surface area contributed by atoms with Gasteiger partial charge in [-0.3, -0.25) is 10.1 Å². The fourth-order valence-electron chi connectivity index (χ4n) is 0.329. The second kappa shape index (κ2) is 4.68. The van der Waals surface area contributed by atoms with Crippen LogP contribution in [-0.4, -0.2) is 4.92 Å². The van der Waals surface area contributed by atoms with Crippen LogP contribution in [0.15, 0.2) is 35.5 Å². The molecule has 0 bridgehead atoms. The van der Waals surface area contributed by atoms with Gasteiger partial charge in [0.2, 0.25) is 5.70 Å². The molecule has 0 aliphatic rings. The Morgan fingerprint density at radius 2 is 2.18 bits per heavy atom. The van der Waals surface area contributed by atoms with Crippen molar-refractivity contribution >= 4 is 11.6 Å². The van der Waals surface area contributed by atoms with E-state index < -0.39 is 4.92 Å². The van der Waals surface area contributed by atoms with Crippen LogP contribution in [0.25, 0.3) is 0 Å². The van der Waals surface area contributed by atoms with Crippen molar-refractivity contribution in [3.63, 3.8) is 0 Å². The van der Waals surface area contributed by atoms with Crippen molar-refractivity contribution in [2.24, 2.45) is 0 Å². The second-order valence-corrected chi connectivity index (χ2v) is 2.26. The third kappa shape index (κ3) is 4.33. The van der Waals surface area contributed by atoms with Gasteiger partial charge in [0.1, 0.15) is 0 Å². The first-order valence-corrected chi connectivity index (χ1v) is 3.26. The molecular weight excluding hydrogens is 166 g/mol. The fraction of sp³-hybridized carbons (Fsp3) is 0.143. The summed E-state index contributed by atoms with van der Waals surface area (Å²) in [5.41, 5.74) is 0.0463. The summed E-state index contributed by atoms with van der Waals surface area (Å²) in [6, 6.07) is 0. The molecule has 0 spiro atoms. The van der Waals surface area contributed by atoms with E-state index in [1.165, 1.54) is 25.2 Å². The van der Waals surface area contributed by atoms with E-state index in [9.17, 15) is 10.1 Å². The highest BCUT2D eigenvalue weighted by atomic mass is 35.5. The van der Waals surface area contributed by atoms with E-state index in [2.05, 4.69) is 6.58 Å². The molecule has 0 saturated heterocycles. The van der Waals surface area contributed by atoms with E-state index in [-0.39, 0.29) is 5.70 Å². The Morgan fingerprint density at radius 1 is 1.64 bits per heavy atom. The van der Waals surface area contributed by atoms with Crippen LogP contribution >= 0.6 is 11.6 Å². The lowest BCUT2D eigenvalue weighted by Gasteiger charge is -1.85. The van der Waals surface area contributed by atoms with E-state index in [0.29, 0.717) is 5.03 Å². The number of nitrogens with zero attached hydrogens (tertiary/aromatic N) is 1. The molecule has 0 rings (SSSR count). The van der Waals surface area contributed by atoms with E-state index in [1.807, 2.05) is 0 Å². The van der Waals surface area contributed by atoms with Gasteiger partial charge in [-0.05, 0) is 6.08 Å². The molecule has 0 unspecified atom stereocenters. The van der Waals surface area contributed by atoms with Crippen molar-refractivity contribution in [3.05, 3.63) is 45.7 Å². The van der Waals surface area contributed by atoms with Crippen molar-refractivity contribution in [3.8, 4) is 0 Å². The molecule has 0 atom stereocenters. The average molecular weight is 174 g/mol. The van der Waals surface area contributed by atoms with Crippen LogP contribution in [0.5, 0.6) is 0 Å². The Morgan fingerprint density at radius 3 is 2.55 bits per heavy atom. The summed E-state index contributed by atoms with van der Waals surface area (Å²) >= 11 is 5.49. The third-order valence-corrected chi connectivity index (χ3v) is 1.25. The first kappa shape index (κ1) is 9.91. The van der Waals surface area contributed by atoms with Gasteiger partial charge in [-0.15, -0.1) is 0 Å². The molecule has 0 radical (unpaired) electrons. The Labute approximate surface area is 69.8 Å². The maximum atomic E-state index is 10.0. The molecule has 0 aliphatic carbocycles. The molecule has 0 amide bonds. The van der Waals surface area contributed by atoms with Crippen LogP contribution in [0, 0.1) is 10.1 Å². The molecule has 0 fully saturated rings. The molecule has 3 nitrogen and oxygen atoms in total. The van der Waals surface area contributed by atoms with E-state index in [4.69, 9.17) is 11.6 Å². The number of nitro groups is 1. The van der Waals surface area contributed by atoms with Gasteiger partial charge in [-0.25, -0.2) is 0 Å². The number of halogens is 1. The molecule has 0 N–H and O–H groups in total. The SMILES string of the molecule is C=C/C(Cl)=C\C=C(/C)[N+](=O)[O-]. The molecule has 0 saturated carbocycles. The Kier molecular flexibility index (Phi) is 4.22. The molecule has 0 aromatic carbocycles. The summed E-state index contributed by atoms with van der Waals surface area (Å²) in [4.78, 5) is 9.56. The van der Waals surface area contributed by atoms with Crippen LogP contribution in [-0.2, 0) is 0 Å². The summed E-state index contributed by atoms with van der Waals surface area (Å²) in [5, 5.41) is 10.4. The Balaban J connectivity index is 4.34. The fourth-order valence-corrected chi connectivity index (χ4v) is 0.392. The minimum Gasteiger partial charge on any atom is -0.259 e. The van der Waals surface area contributed by atoms with Gasteiger partial charge in [0, 0.05) is 18.0 Å². The van der Waals surface area contributed by atoms with Gasteiger partial charge >= 0.3 is 0 Å². The molecule has 0 aromatic rings. The van der Waals surface area contributed by atoms with Crippen molar-refractivity contribution < 1.29 is 4.92 Å². The monoisotopic (exact) mass is 173 g/mol. The predicted octanol–water partition coefficient (Wildman–Crippen LogP) is 2.48. The van der Waals surface area contributed by atoms with Gasteiger partial charge in [-0.1, -0.05) is 24.3 Å². The molecule has 0 aliphatic heterocycles. The molecule has 0 heterocycles. The zero-order chi connectivity index (χ0) is 8.85. The number of allylic oxidation sites excluding steroid dienone is 5. The zero-order valence-corrected chi connectivity index (χ0v) is 6.84. The highest BCUT2D eigenvalue weighted by Crippen LogP contribution is 2.03. The van der Waals surface area contributed by atoms with Gasteiger partial charge in [0.15, 0.2) is 0 Å². The molecule has 11 heavy (non-hydrogen) atoms. The Bertz CT molecular complexity index is 231. The first-order chi connectivity index (χ1) is 5.07. The summed E-state index contributed by atoms with van der Waals surface area (Å²) in [6.45, 7) is 4.78. The van der Waals surface area contributed by atoms with Crippen molar-refractivity contribution in [1.29, 1.82) is 0 Å². The standard InChI is InChI=1S/C7H8ClNO2/c1-3-7(8)5-4-6(2)9(10)11/h3-5H,1H2,2H3/b6-4+,7-5+. The summed E-state index contributed by atoms with van der Waals surface area (Å²) < 4.78 is 0. The van der Waals surface area contributed by atoms with E-state index in [0.717, 1.165) is 0 Å². The quantitative estimate of drug-likeness (QED) is 0.374. The lowest BCUT2D eigenvalue weighted by Crippen LogP contribution is -1.91. The van der Waals surface area contributed by atoms with Crippen molar-refractivity contribution in [2.45, 2.75) is 6.92 Å². The van der Waals surface area contributed by atoms with E-state index in [1.54, 1.807) is 0 Å². The summed E-state index contributed by atoms with van der Waals surface area (Å²) in [5.74, 6) is 0. The minimum absolute atomic E-state index is 0.0463. The largest absolute Gasteiger partial charge is 0.259 e. The van der Waals surface area contributed by atoms with Crippen LogP contribution in [0.2, 0.25) is 0 Å². The maximum absolute atomic E-state index is 10.0. The van der Waals surface area contributed by atoms with Gasteiger partial charge in [-0.2, -0.15) is 0 Å². The maximum Gasteiger partial charge on any atom is 0.243 e. The van der Waals surface area contributed by atoms with Crippen molar-refractivity contribution in [1.82, 2.24) is 0 Å². The summed E-state index contributed by atoms with van der Waals surface area (Å²) in [6.07, 6.45) is 4.15. The van der Waals surface area contributed by atoms with Crippen LogP contribution in [0.1, 0.15) is 6.92 Å². The van der Waals surface area contributed by atoms with Crippen LogP contribution < -0.4 is 0 Å². The zero-order valence-electron chi connectivity index (χ0n) is 6.08.